The van der Waals surface area contributed by atoms with E-state index in [9.17, 15) is 27.2 Å². The molecule has 0 radical (unpaired) electrons. The zero-order valence-electron chi connectivity index (χ0n) is 28.0. The van der Waals surface area contributed by atoms with Crippen LogP contribution in [-0.2, 0) is 16.3 Å². The van der Waals surface area contributed by atoms with Crippen molar-refractivity contribution in [3.05, 3.63) is 134 Å². The lowest BCUT2D eigenvalue weighted by Gasteiger charge is -2.16. The highest BCUT2D eigenvalue weighted by atomic mass is 127. The number of hydroxylamine groups is 2. The van der Waals surface area contributed by atoms with E-state index in [0.717, 1.165) is 18.3 Å². The lowest BCUT2D eigenvalue weighted by atomic mass is 10.1. The van der Waals surface area contributed by atoms with Crippen LogP contribution in [0, 0.1) is 44.3 Å². The summed E-state index contributed by atoms with van der Waals surface area (Å²) in [6, 6.07) is 15.0. The number of amides is 2. The molecule has 1 heterocycles. The molecule has 0 bridgehead atoms. The summed E-state index contributed by atoms with van der Waals surface area (Å²) in [5, 5.41) is 5.64. The van der Waals surface area contributed by atoms with Gasteiger partial charge in [0.1, 0.15) is 6.61 Å². The number of benzene rings is 4. The van der Waals surface area contributed by atoms with Crippen molar-refractivity contribution in [2.45, 2.75) is 33.8 Å². The molecule has 280 valence electrons. The highest BCUT2D eigenvalue weighted by Gasteiger charge is 2.24. The number of hydrogen-bond acceptors (Lipinski definition) is 7. The van der Waals surface area contributed by atoms with Crippen molar-refractivity contribution in [2.24, 2.45) is 0 Å². The van der Waals surface area contributed by atoms with Gasteiger partial charge in [0, 0.05) is 24.1 Å². The van der Waals surface area contributed by atoms with Crippen molar-refractivity contribution >= 4 is 112 Å². The Balaban J connectivity index is 0.000000238. The molecule has 5 rings (SSSR count). The van der Waals surface area contributed by atoms with Crippen LogP contribution >= 0.6 is 77.0 Å². The number of carbonyl (C=O) groups excluding carboxylic acids is 2. The van der Waals surface area contributed by atoms with Gasteiger partial charge in [0.25, 0.3) is 11.8 Å². The molecule has 5 aromatic rings. The standard InChI is InChI=1S/C19H14BrF2IN2O3.C17H16BrF2IN2O2/c1-10-6-12(23)2-3-15(10)24-18-13(7-14(20)16(21)17(18)22)19(26)25-28-9-11-4-5-27-8-11;1-3-6-25-23-17(24)11-8-12(18)14(19)15(20)16(11)22-13-5-4-10(21)7-9(13)2/h2-8,24H,9H2,1H3,(H,25,26);4-5,7-8,22H,3,6H2,1-2H3,(H,23,24). The Morgan fingerprint density at radius 1 is 0.717 bits per heavy atom. The predicted octanol–water partition coefficient (Wildman–Crippen LogP) is 11.3. The Hall–Kier alpha value is -3.24. The predicted molar refractivity (Wildman–Crippen MR) is 217 cm³/mol. The highest BCUT2D eigenvalue weighted by molar-refractivity contribution is 14.1. The van der Waals surface area contributed by atoms with Crippen LogP contribution in [-0.4, -0.2) is 18.4 Å². The van der Waals surface area contributed by atoms with Crippen molar-refractivity contribution in [3.8, 4) is 0 Å². The molecular formula is C36H30Br2F4I2N4O5. The number of aryl methyl sites for hydroxylation is 2. The molecular weight excluding hydrogens is 1060 g/mol. The zero-order chi connectivity index (χ0) is 38.8. The first-order chi connectivity index (χ1) is 25.2. The van der Waals surface area contributed by atoms with Gasteiger partial charge in [0.2, 0.25) is 0 Å². The number of hydrogen-bond donors (Lipinski definition) is 4. The minimum Gasteiger partial charge on any atom is -0.472 e. The number of carbonyl (C=O) groups is 2. The summed E-state index contributed by atoms with van der Waals surface area (Å²) >= 11 is 10.2. The maximum atomic E-state index is 14.6. The summed E-state index contributed by atoms with van der Waals surface area (Å²) in [5.41, 5.74) is 7.23. The van der Waals surface area contributed by atoms with Gasteiger partial charge in [-0.2, -0.15) is 0 Å². The zero-order valence-corrected chi connectivity index (χ0v) is 35.5. The molecule has 0 aliphatic carbocycles. The summed E-state index contributed by atoms with van der Waals surface area (Å²) < 4.78 is 63.8. The molecule has 53 heavy (non-hydrogen) atoms. The molecule has 9 nitrogen and oxygen atoms in total. The molecule has 4 aromatic carbocycles. The summed E-state index contributed by atoms with van der Waals surface area (Å²) in [5.74, 6) is -5.88. The molecule has 17 heteroatoms. The second-order valence-electron chi connectivity index (χ2n) is 11.1. The van der Waals surface area contributed by atoms with Crippen molar-refractivity contribution in [3.63, 3.8) is 0 Å². The Labute approximate surface area is 346 Å². The molecule has 0 atom stereocenters. The number of halogens is 8. The van der Waals surface area contributed by atoms with E-state index in [1.165, 1.54) is 24.7 Å². The highest BCUT2D eigenvalue weighted by Crippen LogP contribution is 2.34. The van der Waals surface area contributed by atoms with Crippen molar-refractivity contribution in [1.82, 2.24) is 11.0 Å². The summed E-state index contributed by atoms with van der Waals surface area (Å²) in [6.45, 7) is 5.92. The van der Waals surface area contributed by atoms with Crippen LogP contribution in [0.15, 0.2) is 80.5 Å². The smallest absolute Gasteiger partial charge is 0.277 e. The molecule has 0 unspecified atom stereocenters. The first kappa shape index (κ1) is 42.5. The maximum absolute atomic E-state index is 14.6. The van der Waals surface area contributed by atoms with Crippen molar-refractivity contribution in [2.75, 3.05) is 17.2 Å². The van der Waals surface area contributed by atoms with E-state index in [1.54, 1.807) is 18.2 Å². The third-order valence-electron chi connectivity index (χ3n) is 7.16. The lowest BCUT2D eigenvalue weighted by molar-refractivity contribution is 0.0232. The Morgan fingerprint density at radius 2 is 1.19 bits per heavy atom. The number of anilines is 4. The van der Waals surface area contributed by atoms with Crippen LogP contribution in [0.4, 0.5) is 40.3 Å². The maximum Gasteiger partial charge on any atom is 0.277 e. The van der Waals surface area contributed by atoms with Crippen molar-refractivity contribution < 1.29 is 41.2 Å². The van der Waals surface area contributed by atoms with E-state index in [1.807, 2.05) is 45.0 Å². The summed E-state index contributed by atoms with van der Waals surface area (Å²) in [6.07, 6.45) is 3.64. The van der Waals surface area contributed by atoms with Crippen LogP contribution in [0.25, 0.3) is 0 Å². The van der Waals surface area contributed by atoms with E-state index in [2.05, 4.69) is 98.6 Å². The largest absolute Gasteiger partial charge is 0.472 e. The molecule has 0 spiro atoms. The minimum atomic E-state index is -1.17. The monoisotopic (exact) mass is 1090 g/mol. The lowest BCUT2D eigenvalue weighted by Crippen LogP contribution is -2.25. The van der Waals surface area contributed by atoms with Gasteiger partial charge < -0.3 is 15.1 Å². The van der Waals surface area contributed by atoms with Gasteiger partial charge in [0.05, 0.1) is 50.6 Å². The Bertz CT molecular complexity index is 2110. The molecule has 0 fully saturated rings. The quantitative estimate of drug-likeness (QED) is 0.0324. The van der Waals surface area contributed by atoms with E-state index < -0.39 is 35.1 Å². The third-order valence-corrected chi connectivity index (χ3v) is 9.66. The van der Waals surface area contributed by atoms with Gasteiger partial charge in [-0.3, -0.25) is 19.3 Å². The first-order valence-electron chi connectivity index (χ1n) is 15.5. The van der Waals surface area contributed by atoms with Gasteiger partial charge in [-0.25, -0.2) is 28.5 Å². The van der Waals surface area contributed by atoms with E-state index >= 15 is 0 Å². The van der Waals surface area contributed by atoms with Crippen LogP contribution in [0.5, 0.6) is 0 Å². The fourth-order valence-electron chi connectivity index (χ4n) is 4.49. The van der Waals surface area contributed by atoms with Gasteiger partial charge in [-0.05, 0) is 163 Å². The Kier molecular flexibility index (Phi) is 16.0. The first-order valence-corrected chi connectivity index (χ1v) is 19.2. The fraction of sp³-hybridized carbons (Fsp3) is 0.167. The van der Waals surface area contributed by atoms with Gasteiger partial charge >= 0.3 is 0 Å². The molecule has 0 aliphatic rings. The second kappa shape index (κ2) is 19.9. The normalized spacial score (nSPS) is 10.7. The molecule has 2 amide bonds. The summed E-state index contributed by atoms with van der Waals surface area (Å²) in [4.78, 5) is 34.9. The number of rotatable bonds is 12. The molecule has 0 saturated carbocycles. The fourth-order valence-corrected chi connectivity index (χ4v) is 6.58. The summed E-state index contributed by atoms with van der Waals surface area (Å²) in [7, 11) is 0. The molecule has 0 saturated heterocycles. The van der Waals surface area contributed by atoms with Crippen LogP contribution in [0.1, 0.15) is 50.8 Å². The van der Waals surface area contributed by atoms with Crippen LogP contribution < -0.4 is 21.6 Å². The van der Waals surface area contributed by atoms with E-state index in [-0.39, 0.29) is 38.1 Å². The number of furan rings is 1. The second-order valence-corrected chi connectivity index (χ2v) is 15.3. The third kappa shape index (κ3) is 11.4. The topological polar surface area (TPSA) is 114 Å². The van der Waals surface area contributed by atoms with E-state index in [4.69, 9.17) is 14.1 Å². The van der Waals surface area contributed by atoms with Crippen molar-refractivity contribution in [1.29, 1.82) is 0 Å². The average Bonchev–Trinajstić information content (AvgIpc) is 3.64. The van der Waals surface area contributed by atoms with E-state index in [0.29, 0.717) is 30.0 Å². The van der Waals surface area contributed by atoms with Gasteiger partial charge in [0.15, 0.2) is 23.3 Å². The molecule has 0 aliphatic heterocycles. The van der Waals surface area contributed by atoms with Crippen LogP contribution in [0.3, 0.4) is 0 Å². The minimum absolute atomic E-state index is 0.0616. The molecule has 1 aromatic heterocycles. The average molecular weight is 1090 g/mol. The van der Waals surface area contributed by atoms with Gasteiger partial charge in [-0.1, -0.05) is 6.92 Å². The van der Waals surface area contributed by atoms with Crippen LogP contribution in [0.2, 0.25) is 0 Å². The van der Waals surface area contributed by atoms with Gasteiger partial charge in [-0.15, -0.1) is 0 Å². The SMILES string of the molecule is CCCONC(=O)c1cc(Br)c(F)c(F)c1Nc1ccc(I)cc1C.Cc1cc(I)ccc1Nc1c(C(=O)NOCc2ccoc2)cc(Br)c(F)c1F. The molecule has 4 N–H and O–H groups in total. The number of nitrogens with one attached hydrogen (secondary N) is 4. The Morgan fingerprint density at radius 3 is 1.60 bits per heavy atom.